The second-order valence-corrected chi connectivity index (χ2v) is 9.34. The number of carbonyl (C=O) groups is 2. The largest absolute Gasteiger partial charge is 0.497 e. The van der Waals surface area contributed by atoms with Crippen molar-refractivity contribution in [1.82, 2.24) is 10.2 Å². The molecule has 1 aromatic heterocycles. The summed E-state index contributed by atoms with van der Waals surface area (Å²) in [5.74, 6) is 0.671. The molecular weight excluding hydrogens is 444 g/mol. The Labute approximate surface area is 194 Å². The molecule has 1 saturated heterocycles. The Bertz CT molecular complexity index is 1120. The van der Waals surface area contributed by atoms with Gasteiger partial charge in [0.05, 0.1) is 13.0 Å². The fraction of sp³-hybridized carbons (Fsp3) is 0.217. The van der Waals surface area contributed by atoms with Crippen LogP contribution in [-0.2, 0) is 9.59 Å². The highest BCUT2D eigenvalue weighted by atomic mass is 32.2. The Balaban J connectivity index is 1.29. The molecule has 1 unspecified atom stereocenters. The smallest absolute Gasteiger partial charge is 0.231 e. The lowest BCUT2D eigenvalue weighted by Crippen LogP contribution is -2.28. The Hall–Kier alpha value is -3.17. The molecule has 1 fully saturated rings. The normalized spacial score (nSPS) is 16.0. The summed E-state index contributed by atoms with van der Waals surface area (Å²) in [6, 6.07) is 17.3. The molecule has 2 aromatic carbocycles. The van der Waals surface area contributed by atoms with Crippen molar-refractivity contribution in [3.8, 4) is 5.75 Å². The molecule has 2 heterocycles. The molecule has 1 N–H and O–H groups in total. The van der Waals surface area contributed by atoms with E-state index in [1.165, 1.54) is 11.3 Å². The first kappa shape index (κ1) is 22.0. The number of amides is 2. The van der Waals surface area contributed by atoms with Crippen LogP contribution >= 0.6 is 23.1 Å². The monoisotopic (exact) mass is 466 g/mol. The minimum Gasteiger partial charge on any atom is -0.497 e. The fourth-order valence-electron chi connectivity index (χ4n) is 3.30. The second-order valence-electron chi connectivity index (χ2n) is 7.09. The van der Waals surface area contributed by atoms with Crippen molar-refractivity contribution in [2.75, 3.05) is 29.6 Å². The van der Waals surface area contributed by atoms with Crippen LogP contribution in [0.25, 0.3) is 6.08 Å². The highest BCUT2D eigenvalue weighted by Crippen LogP contribution is 2.30. The number of hydrogen-bond acceptors (Lipinski definition) is 7. The minimum atomic E-state index is -0.442. The summed E-state index contributed by atoms with van der Waals surface area (Å²) in [5, 5.41) is 11.4. The SMILES string of the molecule is COc1cccc(N2CC(C(=O)Nc3nnc(SCC=Cc4ccccc4)s3)CC2=O)c1. The van der Waals surface area contributed by atoms with E-state index in [1.54, 1.807) is 29.8 Å². The maximum atomic E-state index is 12.7. The number of carbonyl (C=O) groups excluding carboxylic acids is 2. The molecule has 1 aliphatic heterocycles. The topological polar surface area (TPSA) is 84.4 Å². The standard InChI is InChI=1S/C23H22N4O3S2/c1-30-19-11-5-10-18(14-19)27-15-17(13-20(27)28)21(29)24-22-25-26-23(32-22)31-12-6-9-16-7-3-2-4-8-16/h2-11,14,17H,12-13,15H2,1H3,(H,24,25,29). The number of rotatable bonds is 8. The minimum absolute atomic E-state index is 0.0860. The zero-order chi connectivity index (χ0) is 22.3. The van der Waals surface area contributed by atoms with Crippen molar-refractivity contribution >= 4 is 51.8 Å². The maximum Gasteiger partial charge on any atom is 0.231 e. The Morgan fingerprint density at radius 2 is 2.09 bits per heavy atom. The van der Waals surface area contributed by atoms with Gasteiger partial charge in [-0.1, -0.05) is 71.6 Å². The van der Waals surface area contributed by atoms with Crippen LogP contribution < -0.4 is 15.0 Å². The predicted octanol–water partition coefficient (Wildman–Crippen LogP) is 4.34. The summed E-state index contributed by atoms with van der Waals surface area (Å²) in [6.45, 7) is 0.322. The van der Waals surface area contributed by atoms with Gasteiger partial charge in [0, 0.05) is 30.5 Å². The Morgan fingerprint density at radius 3 is 2.91 bits per heavy atom. The van der Waals surface area contributed by atoms with Crippen molar-refractivity contribution in [2.24, 2.45) is 5.92 Å². The van der Waals surface area contributed by atoms with Gasteiger partial charge in [-0.25, -0.2) is 0 Å². The first-order valence-corrected chi connectivity index (χ1v) is 11.9. The molecular formula is C23H22N4O3S2. The van der Waals surface area contributed by atoms with Gasteiger partial charge in [-0.15, -0.1) is 10.2 Å². The number of thioether (sulfide) groups is 1. The fourth-order valence-corrected chi connectivity index (χ4v) is 4.90. The zero-order valence-corrected chi connectivity index (χ0v) is 19.1. The Kier molecular flexibility index (Phi) is 7.18. The molecule has 0 bridgehead atoms. The van der Waals surface area contributed by atoms with E-state index in [4.69, 9.17) is 4.74 Å². The van der Waals surface area contributed by atoms with Gasteiger partial charge >= 0.3 is 0 Å². The van der Waals surface area contributed by atoms with Crippen LogP contribution in [0.5, 0.6) is 5.75 Å². The number of nitrogens with one attached hydrogen (secondary N) is 1. The van der Waals surface area contributed by atoms with Gasteiger partial charge in [0.2, 0.25) is 16.9 Å². The first-order chi connectivity index (χ1) is 15.6. The third kappa shape index (κ3) is 5.54. The van der Waals surface area contributed by atoms with Crippen LogP contribution in [0, 0.1) is 5.92 Å². The number of anilines is 2. The summed E-state index contributed by atoms with van der Waals surface area (Å²) in [7, 11) is 1.58. The van der Waals surface area contributed by atoms with Crippen LogP contribution in [0.1, 0.15) is 12.0 Å². The quantitative estimate of drug-likeness (QED) is 0.393. The van der Waals surface area contributed by atoms with Crippen molar-refractivity contribution in [1.29, 1.82) is 0 Å². The van der Waals surface area contributed by atoms with E-state index in [0.717, 1.165) is 21.3 Å². The van der Waals surface area contributed by atoms with Crippen molar-refractivity contribution in [3.05, 3.63) is 66.2 Å². The summed E-state index contributed by atoms with van der Waals surface area (Å²) in [4.78, 5) is 26.8. The lowest BCUT2D eigenvalue weighted by Gasteiger charge is -2.17. The molecule has 0 radical (unpaired) electrons. The molecule has 3 aromatic rings. The van der Waals surface area contributed by atoms with Crippen LogP contribution in [0.15, 0.2) is 65.0 Å². The zero-order valence-electron chi connectivity index (χ0n) is 17.4. The Morgan fingerprint density at radius 1 is 1.25 bits per heavy atom. The molecule has 0 spiro atoms. The van der Waals surface area contributed by atoms with Crippen LogP contribution in [0.4, 0.5) is 10.8 Å². The molecule has 32 heavy (non-hydrogen) atoms. The molecule has 164 valence electrons. The number of aromatic nitrogens is 2. The van der Waals surface area contributed by atoms with Crippen molar-refractivity contribution in [3.63, 3.8) is 0 Å². The van der Waals surface area contributed by atoms with Crippen molar-refractivity contribution < 1.29 is 14.3 Å². The van der Waals surface area contributed by atoms with Gasteiger partial charge in [0.15, 0.2) is 4.34 Å². The van der Waals surface area contributed by atoms with E-state index in [0.29, 0.717) is 17.4 Å². The average Bonchev–Trinajstić information content (AvgIpc) is 3.43. The van der Waals surface area contributed by atoms with E-state index < -0.39 is 5.92 Å². The van der Waals surface area contributed by atoms with E-state index in [2.05, 4.69) is 27.7 Å². The molecule has 9 heteroatoms. The number of nitrogens with zero attached hydrogens (tertiary/aromatic N) is 3. The van der Waals surface area contributed by atoms with Gasteiger partial charge in [0.25, 0.3) is 0 Å². The van der Waals surface area contributed by atoms with Crippen LogP contribution in [0.2, 0.25) is 0 Å². The van der Waals surface area contributed by atoms with E-state index in [9.17, 15) is 9.59 Å². The molecule has 4 rings (SSSR count). The average molecular weight is 467 g/mol. The molecule has 1 atom stereocenters. The molecule has 2 amide bonds. The van der Waals surface area contributed by atoms with Crippen LogP contribution in [-0.4, -0.2) is 41.4 Å². The van der Waals surface area contributed by atoms with E-state index in [-0.39, 0.29) is 18.2 Å². The number of methoxy groups -OCH3 is 1. The summed E-state index contributed by atoms with van der Waals surface area (Å²) < 4.78 is 6.00. The van der Waals surface area contributed by atoms with Gasteiger partial charge in [-0.3, -0.25) is 9.59 Å². The van der Waals surface area contributed by atoms with Gasteiger partial charge in [-0.2, -0.15) is 0 Å². The number of benzene rings is 2. The molecule has 7 nitrogen and oxygen atoms in total. The highest BCUT2D eigenvalue weighted by Gasteiger charge is 2.35. The lowest BCUT2D eigenvalue weighted by atomic mass is 10.1. The summed E-state index contributed by atoms with van der Waals surface area (Å²) in [5.41, 5.74) is 1.87. The summed E-state index contributed by atoms with van der Waals surface area (Å²) >= 11 is 2.88. The first-order valence-electron chi connectivity index (χ1n) is 10.1. The third-order valence-corrected chi connectivity index (χ3v) is 6.83. The number of ether oxygens (including phenoxy) is 1. The molecule has 1 aliphatic rings. The number of hydrogen-bond donors (Lipinski definition) is 1. The highest BCUT2D eigenvalue weighted by molar-refractivity contribution is 8.01. The van der Waals surface area contributed by atoms with Gasteiger partial charge < -0.3 is 15.0 Å². The molecule has 0 aliphatic carbocycles. The second kappa shape index (κ2) is 10.4. The maximum absolute atomic E-state index is 12.7. The third-order valence-electron chi connectivity index (χ3n) is 4.91. The predicted molar refractivity (Wildman–Crippen MR) is 128 cm³/mol. The van der Waals surface area contributed by atoms with Crippen LogP contribution in [0.3, 0.4) is 0 Å². The summed E-state index contributed by atoms with van der Waals surface area (Å²) in [6.07, 6.45) is 4.28. The lowest BCUT2D eigenvalue weighted by molar-refractivity contribution is -0.122. The van der Waals surface area contributed by atoms with Gasteiger partial charge in [0.1, 0.15) is 5.75 Å². The molecule has 0 saturated carbocycles. The van der Waals surface area contributed by atoms with Crippen molar-refractivity contribution in [2.45, 2.75) is 10.8 Å². The van der Waals surface area contributed by atoms with E-state index in [1.807, 2.05) is 48.5 Å². The van der Waals surface area contributed by atoms with Gasteiger partial charge in [-0.05, 0) is 17.7 Å². The van der Waals surface area contributed by atoms with E-state index >= 15 is 0 Å².